The van der Waals surface area contributed by atoms with Crippen LogP contribution in [0.3, 0.4) is 0 Å². The van der Waals surface area contributed by atoms with Crippen molar-refractivity contribution in [1.29, 1.82) is 0 Å². The number of hydrogen-bond acceptors (Lipinski definition) is 4. The van der Waals surface area contributed by atoms with Gasteiger partial charge in [0.2, 0.25) is 0 Å². The molecule has 0 bridgehead atoms. The highest BCUT2D eigenvalue weighted by Crippen LogP contribution is 2.26. The van der Waals surface area contributed by atoms with Gasteiger partial charge in [-0.15, -0.1) is 0 Å². The number of carboxylic acid groups (broad SMARTS) is 1. The first kappa shape index (κ1) is 11.3. The van der Waals surface area contributed by atoms with Crippen LogP contribution in [0.5, 0.6) is 0 Å². The van der Waals surface area contributed by atoms with Crippen LogP contribution in [0.15, 0.2) is 22.9 Å². The van der Waals surface area contributed by atoms with Gasteiger partial charge < -0.3 is 15.3 Å². The first-order valence-electron chi connectivity index (χ1n) is 5.00. The molecule has 0 aromatic carbocycles. The summed E-state index contributed by atoms with van der Waals surface area (Å²) in [6.45, 7) is 1.93. The Balaban J connectivity index is 2.30. The van der Waals surface area contributed by atoms with Gasteiger partial charge in [-0.3, -0.25) is 4.98 Å². The van der Waals surface area contributed by atoms with Crippen molar-refractivity contribution in [3.8, 4) is 0 Å². The van der Waals surface area contributed by atoms with E-state index in [1.165, 1.54) is 0 Å². The lowest BCUT2D eigenvalue weighted by Crippen LogP contribution is -2.55. The maximum absolute atomic E-state index is 11.1. The molecule has 0 saturated carbocycles. The molecule has 0 amide bonds. The molecule has 6 heteroatoms. The molecule has 2 heterocycles. The van der Waals surface area contributed by atoms with Gasteiger partial charge in [-0.2, -0.15) is 0 Å². The van der Waals surface area contributed by atoms with Gasteiger partial charge in [0.1, 0.15) is 6.04 Å². The molecule has 1 fully saturated rings. The Labute approximate surface area is 102 Å². The molecule has 1 aromatic heterocycles. The van der Waals surface area contributed by atoms with E-state index in [2.05, 4.69) is 26.2 Å². The molecule has 0 spiro atoms. The molecule has 1 aliphatic rings. The Morgan fingerprint density at radius 1 is 1.69 bits per heavy atom. The Hall–Kier alpha value is -1.14. The van der Waals surface area contributed by atoms with Crippen LogP contribution >= 0.6 is 15.9 Å². The second-order valence-electron chi connectivity index (χ2n) is 3.58. The number of rotatable bonds is 2. The monoisotopic (exact) mass is 285 g/mol. The summed E-state index contributed by atoms with van der Waals surface area (Å²) in [4.78, 5) is 17.0. The first-order chi connectivity index (χ1) is 7.70. The summed E-state index contributed by atoms with van der Waals surface area (Å²) in [5, 5.41) is 12.2. The predicted molar refractivity (Wildman–Crippen MR) is 63.6 cm³/mol. The number of nitrogens with one attached hydrogen (secondary N) is 1. The smallest absolute Gasteiger partial charge is 0.327 e. The van der Waals surface area contributed by atoms with Gasteiger partial charge in [-0.05, 0) is 22.0 Å². The van der Waals surface area contributed by atoms with Crippen molar-refractivity contribution in [3.63, 3.8) is 0 Å². The zero-order valence-electron chi connectivity index (χ0n) is 8.56. The predicted octanol–water partition coefficient (Wildman–Crippen LogP) is 0.707. The van der Waals surface area contributed by atoms with Crippen LogP contribution in [-0.4, -0.2) is 41.7 Å². The fourth-order valence-electron chi connectivity index (χ4n) is 1.81. The van der Waals surface area contributed by atoms with Crippen LogP contribution in [0, 0.1) is 0 Å². The molecule has 0 aliphatic carbocycles. The summed E-state index contributed by atoms with van der Waals surface area (Å²) in [5.74, 6) is -0.809. The number of nitrogens with zero attached hydrogens (tertiary/aromatic N) is 2. The number of hydrogen-bond donors (Lipinski definition) is 2. The molecule has 0 radical (unpaired) electrons. The van der Waals surface area contributed by atoms with Crippen molar-refractivity contribution in [2.75, 3.05) is 24.5 Å². The summed E-state index contributed by atoms with van der Waals surface area (Å²) < 4.78 is 0.822. The van der Waals surface area contributed by atoms with Gasteiger partial charge in [0, 0.05) is 32.0 Å². The van der Waals surface area contributed by atoms with Crippen LogP contribution in [0.25, 0.3) is 0 Å². The van der Waals surface area contributed by atoms with E-state index < -0.39 is 12.0 Å². The average Bonchev–Trinajstić information content (AvgIpc) is 2.29. The second kappa shape index (κ2) is 4.80. The van der Waals surface area contributed by atoms with Crippen LogP contribution in [0.1, 0.15) is 0 Å². The molecule has 1 unspecified atom stereocenters. The Morgan fingerprint density at radius 2 is 2.50 bits per heavy atom. The molecule has 1 aliphatic heterocycles. The Morgan fingerprint density at radius 3 is 3.19 bits per heavy atom. The van der Waals surface area contributed by atoms with E-state index >= 15 is 0 Å². The topological polar surface area (TPSA) is 65.5 Å². The van der Waals surface area contributed by atoms with Crippen molar-refractivity contribution in [2.45, 2.75) is 6.04 Å². The maximum Gasteiger partial charge on any atom is 0.327 e. The van der Waals surface area contributed by atoms with E-state index in [9.17, 15) is 4.79 Å². The molecule has 1 atom stereocenters. The molecule has 1 saturated heterocycles. The lowest BCUT2D eigenvalue weighted by Gasteiger charge is -2.35. The normalized spacial score (nSPS) is 20.8. The first-order valence-corrected chi connectivity index (χ1v) is 5.79. The van der Waals surface area contributed by atoms with E-state index in [0.29, 0.717) is 13.1 Å². The number of carboxylic acids is 1. The SMILES string of the molecule is O=C(O)C1CNCCN1c1ccncc1Br. The number of carbonyl (C=O) groups is 1. The van der Waals surface area contributed by atoms with E-state index in [1.54, 1.807) is 12.4 Å². The molecule has 86 valence electrons. The van der Waals surface area contributed by atoms with Gasteiger partial charge in [0.25, 0.3) is 0 Å². The zero-order valence-corrected chi connectivity index (χ0v) is 10.1. The molecule has 2 N–H and O–H groups in total. The standard InChI is InChI=1S/C10H12BrN3O2/c11-7-5-12-2-1-8(7)14-4-3-13-6-9(14)10(15)16/h1-2,5,9,13H,3-4,6H2,(H,15,16). The molecule has 5 nitrogen and oxygen atoms in total. The minimum absolute atomic E-state index is 0.462. The van der Waals surface area contributed by atoms with Gasteiger partial charge in [0.05, 0.1) is 10.2 Å². The quantitative estimate of drug-likeness (QED) is 0.838. The van der Waals surface area contributed by atoms with Crippen LogP contribution in [0.4, 0.5) is 5.69 Å². The fourth-order valence-corrected chi connectivity index (χ4v) is 2.29. The minimum atomic E-state index is -0.809. The minimum Gasteiger partial charge on any atom is -0.480 e. The number of aliphatic carboxylic acids is 1. The van der Waals surface area contributed by atoms with Gasteiger partial charge >= 0.3 is 5.97 Å². The summed E-state index contributed by atoms with van der Waals surface area (Å²) in [6.07, 6.45) is 3.34. The lowest BCUT2D eigenvalue weighted by atomic mass is 10.1. The molecular weight excluding hydrogens is 274 g/mol. The van der Waals surface area contributed by atoms with Crippen LogP contribution in [-0.2, 0) is 4.79 Å². The number of halogens is 1. The van der Waals surface area contributed by atoms with Gasteiger partial charge in [-0.1, -0.05) is 0 Å². The van der Waals surface area contributed by atoms with Crippen molar-refractivity contribution >= 4 is 27.6 Å². The molecular formula is C10H12BrN3O2. The summed E-state index contributed by atoms with van der Waals surface area (Å²) in [5.41, 5.74) is 0.879. The highest BCUT2D eigenvalue weighted by atomic mass is 79.9. The van der Waals surface area contributed by atoms with E-state index in [4.69, 9.17) is 5.11 Å². The fraction of sp³-hybridized carbons (Fsp3) is 0.400. The van der Waals surface area contributed by atoms with E-state index in [0.717, 1.165) is 16.7 Å². The average molecular weight is 286 g/mol. The van der Waals surface area contributed by atoms with Crippen molar-refractivity contribution in [3.05, 3.63) is 22.9 Å². The summed E-state index contributed by atoms with van der Waals surface area (Å²) >= 11 is 3.39. The van der Waals surface area contributed by atoms with Crippen LogP contribution < -0.4 is 10.2 Å². The van der Waals surface area contributed by atoms with Crippen molar-refractivity contribution in [1.82, 2.24) is 10.3 Å². The molecule has 16 heavy (non-hydrogen) atoms. The van der Waals surface area contributed by atoms with Crippen LogP contribution in [0.2, 0.25) is 0 Å². The third kappa shape index (κ3) is 2.17. The van der Waals surface area contributed by atoms with Gasteiger partial charge in [-0.25, -0.2) is 4.79 Å². The maximum atomic E-state index is 11.1. The van der Waals surface area contributed by atoms with Crippen molar-refractivity contribution < 1.29 is 9.90 Å². The number of anilines is 1. The van der Waals surface area contributed by atoms with E-state index in [1.807, 2.05) is 11.0 Å². The third-order valence-corrected chi connectivity index (χ3v) is 3.20. The van der Waals surface area contributed by atoms with Gasteiger partial charge in [0.15, 0.2) is 0 Å². The third-order valence-electron chi connectivity index (χ3n) is 2.59. The lowest BCUT2D eigenvalue weighted by molar-refractivity contribution is -0.138. The molecule has 2 rings (SSSR count). The highest BCUT2D eigenvalue weighted by Gasteiger charge is 2.29. The second-order valence-corrected chi connectivity index (χ2v) is 4.43. The molecule has 1 aromatic rings. The summed E-state index contributed by atoms with van der Waals surface area (Å²) in [7, 11) is 0. The number of piperazine rings is 1. The van der Waals surface area contributed by atoms with Crippen molar-refractivity contribution in [2.24, 2.45) is 0 Å². The van der Waals surface area contributed by atoms with E-state index in [-0.39, 0.29) is 0 Å². The summed E-state index contributed by atoms with van der Waals surface area (Å²) in [6, 6.07) is 1.30. The highest BCUT2D eigenvalue weighted by molar-refractivity contribution is 9.10. The largest absolute Gasteiger partial charge is 0.480 e. The number of pyridine rings is 1. The number of aromatic nitrogens is 1. The zero-order chi connectivity index (χ0) is 11.5. The Kier molecular flexibility index (Phi) is 3.40. The Bertz CT molecular complexity index is 399.